The third kappa shape index (κ3) is 3.30. The second-order valence-corrected chi connectivity index (χ2v) is 12.6. The van der Waals surface area contributed by atoms with Crippen LogP contribution in [-0.2, 0) is 5.41 Å². The Morgan fingerprint density at radius 3 is 2.51 bits per heavy atom. The van der Waals surface area contributed by atoms with Crippen molar-refractivity contribution in [3.8, 4) is 22.7 Å². The Balaban J connectivity index is 1.48. The molecule has 0 saturated heterocycles. The molecule has 3 unspecified atom stereocenters. The van der Waals surface area contributed by atoms with E-state index in [0.717, 1.165) is 50.4 Å². The minimum Gasteiger partial charge on any atom is -0.497 e. The zero-order chi connectivity index (χ0) is 27.1. The van der Waals surface area contributed by atoms with Gasteiger partial charge >= 0.3 is 0 Å². The topological polar surface area (TPSA) is 39.9 Å². The molecule has 8 rings (SSSR count). The van der Waals surface area contributed by atoms with Crippen LogP contribution in [0.3, 0.4) is 0 Å². The van der Waals surface area contributed by atoms with Crippen molar-refractivity contribution >= 4 is 21.8 Å². The van der Waals surface area contributed by atoms with Crippen molar-refractivity contribution in [2.75, 3.05) is 7.11 Å². The maximum Gasteiger partial charge on any atom is 0.119 e. The summed E-state index contributed by atoms with van der Waals surface area (Å²) in [7, 11) is 1.71. The summed E-state index contributed by atoms with van der Waals surface area (Å²) in [6.45, 7) is 11.8. The van der Waals surface area contributed by atoms with Gasteiger partial charge in [0.05, 0.1) is 23.8 Å². The van der Waals surface area contributed by atoms with E-state index >= 15 is 0 Å². The normalized spacial score (nSPS) is 23.6. The molecule has 0 amide bonds. The third-order valence-corrected chi connectivity index (χ3v) is 10.6. The van der Waals surface area contributed by atoms with E-state index in [4.69, 9.17) is 14.8 Å². The molecule has 0 N–H and O–H groups in total. The third-order valence-electron chi connectivity index (χ3n) is 10.6. The number of pyridine rings is 1. The van der Waals surface area contributed by atoms with Gasteiger partial charge in [-0.05, 0) is 103 Å². The van der Waals surface area contributed by atoms with Crippen molar-refractivity contribution < 1.29 is 4.74 Å². The Hall–Kier alpha value is -3.66. The van der Waals surface area contributed by atoms with Crippen molar-refractivity contribution in [2.45, 2.75) is 59.3 Å². The molecule has 3 aliphatic rings. The number of aryl methyl sites for hydroxylation is 2. The van der Waals surface area contributed by atoms with Gasteiger partial charge in [0.1, 0.15) is 11.4 Å². The lowest BCUT2D eigenvalue weighted by Crippen LogP contribution is -2.64. The summed E-state index contributed by atoms with van der Waals surface area (Å²) in [5.74, 6) is 2.32. The largest absolute Gasteiger partial charge is 0.497 e. The van der Waals surface area contributed by atoms with Crippen LogP contribution < -0.4 is 4.74 Å². The van der Waals surface area contributed by atoms with Crippen molar-refractivity contribution in [3.63, 3.8) is 0 Å². The van der Waals surface area contributed by atoms with Gasteiger partial charge in [0.15, 0.2) is 0 Å². The van der Waals surface area contributed by atoms with Gasteiger partial charge in [-0.15, -0.1) is 0 Å². The minimum absolute atomic E-state index is 0.233. The van der Waals surface area contributed by atoms with Gasteiger partial charge in [-0.2, -0.15) is 5.10 Å². The number of ether oxygens (including phenoxy) is 1. The molecular weight excluding hydrogens is 478 g/mol. The van der Waals surface area contributed by atoms with E-state index in [1.807, 2.05) is 18.3 Å². The second kappa shape index (κ2) is 8.42. The van der Waals surface area contributed by atoms with Crippen LogP contribution >= 0.6 is 0 Å². The van der Waals surface area contributed by atoms with Crippen molar-refractivity contribution in [2.24, 2.45) is 17.3 Å². The average molecular weight is 516 g/mol. The maximum atomic E-state index is 5.61. The molecule has 0 aliphatic heterocycles. The van der Waals surface area contributed by atoms with Crippen LogP contribution in [-0.4, -0.2) is 21.9 Å². The van der Waals surface area contributed by atoms with Gasteiger partial charge in [0.25, 0.3) is 0 Å². The minimum atomic E-state index is 0.233. The number of hydrogen-bond acceptors (Lipinski definition) is 3. The summed E-state index contributed by atoms with van der Waals surface area (Å²) in [5, 5.41) is 7.42. The Labute approximate surface area is 231 Å². The van der Waals surface area contributed by atoms with E-state index < -0.39 is 0 Å². The molecule has 4 nitrogen and oxygen atoms in total. The summed E-state index contributed by atoms with van der Waals surface area (Å²) >= 11 is 0. The summed E-state index contributed by atoms with van der Waals surface area (Å²) < 4.78 is 7.72. The van der Waals surface area contributed by atoms with E-state index in [1.54, 1.807) is 7.11 Å². The average Bonchev–Trinajstić information content (AvgIpc) is 3.34. The quantitative estimate of drug-likeness (QED) is 0.241. The molecule has 4 heteroatoms. The Morgan fingerprint density at radius 2 is 1.77 bits per heavy atom. The van der Waals surface area contributed by atoms with Crippen molar-refractivity contribution in [1.29, 1.82) is 0 Å². The van der Waals surface area contributed by atoms with E-state index in [0.29, 0.717) is 11.3 Å². The number of fused-ring (bicyclic) bond motifs is 5. The summed E-state index contributed by atoms with van der Waals surface area (Å²) in [6.07, 6.45) is 5.99. The van der Waals surface area contributed by atoms with E-state index in [2.05, 4.69) is 87.8 Å². The first-order valence-corrected chi connectivity index (χ1v) is 14.3. The molecule has 2 bridgehead atoms. The predicted octanol–water partition coefficient (Wildman–Crippen LogP) is 8.58. The van der Waals surface area contributed by atoms with E-state index in [9.17, 15) is 0 Å². The van der Waals surface area contributed by atoms with Crippen molar-refractivity contribution in [3.05, 3.63) is 83.6 Å². The molecule has 3 fully saturated rings. The maximum absolute atomic E-state index is 5.61. The van der Waals surface area contributed by atoms with E-state index in [-0.39, 0.29) is 5.41 Å². The Kier molecular flexibility index (Phi) is 5.26. The monoisotopic (exact) mass is 515 g/mol. The van der Waals surface area contributed by atoms with Gasteiger partial charge < -0.3 is 4.74 Å². The number of nitrogens with zero attached hydrogens (tertiary/aromatic N) is 3. The molecular formula is C35H37N3O. The number of rotatable bonds is 4. The lowest BCUT2D eigenvalue weighted by molar-refractivity contribution is -0.133. The molecule has 39 heavy (non-hydrogen) atoms. The smallest absolute Gasteiger partial charge is 0.119 e. The van der Waals surface area contributed by atoms with Crippen LogP contribution in [0.1, 0.15) is 56.7 Å². The van der Waals surface area contributed by atoms with Gasteiger partial charge in [-0.3, -0.25) is 4.98 Å². The first-order valence-electron chi connectivity index (χ1n) is 14.3. The molecule has 3 saturated carbocycles. The van der Waals surface area contributed by atoms with Gasteiger partial charge in [0.2, 0.25) is 0 Å². The van der Waals surface area contributed by atoms with Crippen molar-refractivity contribution in [1.82, 2.24) is 14.8 Å². The molecule has 5 aromatic rings. The molecule has 3 aromatic carbocycles. The molecule has 2 heterocycles. The highest BCUT2D eigenvalue weighted by Crippen LogP contribution is 2.70. The molecule has 0 radical (unpaired) electrons. The van der Waals surface area contributed by atoms with Gasteiger partial charge in [0, 0.05) is 27.9 Å². The standard InChI is InChI=1S/C35H37N3O/c1-21-10-13-27(16-22(21)2)38-33-29-18-28(39-6)14-15-31(29)36-20-30(33)32(37-38)24-8-7-9-25(17-24)35-19-26(34(35,4)5)12-11-23(35)3/h7-10,13-18,20,23,26H,11-12,19H2,1-6H3. The van der Waals surface area contributed by atoms with Gasteiger partial charge in [-0.25, -0.2) is 4.68 Å². The molecule has 2 aromatic heterocycles. The SMILES string of the molecule is COc1ccc2ncc3c(-c4cccc(C56CC(CCC5C)C6(C)C)c4)nn(-c4ccc(C)c(C)c4)c3c2c1. The summed E-state index contributed by atoms with van der Waals surface area (Å²) in [4.78, 5) is 4.87. The number of methoxy groups -OCH3 is 1. The molecule has 3 atom stereocenters. The van der Waals surface area contributed by atoms with Crippen LogP contribution in [0.4, 0.5) is 0 Å². The number of aromatic nitrogens is 3. The zero-order valence-electron chi connectivity index (χ0n) is 23.9. The highest BCUT2D eigenvalue weighted by Gasteiger charge is 2.64. The molecule has 0 spiro atoms. The highest BCUT2D eigenvalue weighted by atomic mass is 16.5. The van der Waals surface area contributed by atoms with E-state index in [1.165, 1.54) is 36.0 Å². The van der Waals surface area contributed by atoms with Gasteiger partial charge in [-0.1, -0.05) is 45.0 Å². The predicted molar refractivity (Wildman–Crippen MR) is 160 cm³/mol. The number of benzene rings is 3. The fraction of sp³-hybridized carbons (Fsp3) is 0.371. The Morgan fingerprint density at radius 1 is 0.923 bits per heavy atom. The molecule has 198 valence electrons. The first kappa shape index (κ1) is 24.4. The molecule has 3 aliphatic carbocycles. The lowest BCUT2D eigenvalue weighted by Gasteiger charge is -2.69. The fourth-order valence-electron chi connectivity index (χ4n) is 8.00. The van der Waals surface area contributed by atoms with Crippen LogP contribution in [0.5, 0.6) is 5.75 Å². The Bertz CT molecular complexity index is 1760. The summed E-state index contributed by atoms with van der Waals surface area (Å²) in [5.41, 5.74) is 9.75. The number of hydrogen-bond donors (Lipinski definition) is 0. The fourth-order valence-corrected chi connectivity index (χ4v) is 8.00. The van der Waals surface area contributed by atoms with Crippen LogP contribution in [0.2, 0.25) is 0 Å². The lowest BCUT2D eigenvalue weighted by atomic mass is 9.35. The van der Waals surface area contributed by atoms with Crippen LogP contribution in [0.15, 0.2) is 66.9 Å². The summed E-state index contributed by atoms with van der Waals surface area (Å²) in [6, 6.07) is 21.9. The zero-order valence-corrected chi connectivity index (χ0v) is 23.9. The second-order valence-electron chi connectivity index (χ2n) is 12.6. The highest BCUT2D eigenvalue weighted by molar-refractivity contribution is 6.09. The van der Waals surface area contributed by atoms with Crippen LogP contribution in [0.25, 0.3) is 38.8 Å². The van der Waals surface area contributed by atoms with Crippen LogP contribution in [0, 0.1) is 31.1 Å². The first-order chi connectivity index (χ1) is 18.7.